The summed E-state index contributed by atoms with van der Waals surface area (Å²) in [5.74, 6) is 1.92. The van der Waals surface area contributed by atoms with Gasteiger partial charge >= 0.3 is 0 Å². The first-order valence-corrected chi connectivity index (χ1v) is 7.20. The molecule has 102 valence electrons. The molecule has 1 saturated heterocycles. The molecule has 2 atom stereocenters. The molecular formula is C15H26N2O. The molecule has 0 bridgehead atoms. The summed E-state index contributed by atoms with van der Waals surface area (Å²) in [5, 5.41) is 3.34. The van der Waals surface area contributed by atoms with Gasteiger partial charge in [-0.15, -0.1) is 0 Å². The molecule has 0 saturated carbocycles. The predicted molar refractivity (Wildman–Crippen MR) is 74.4 cm³/mol. The third-order valence-corrected chi connectivity index (χ3v) is 3.99. The second kappa shape index (κ2) is 6.39. The molecule has 2 heterocycles. The Hall–Kier alpha value is -0.800. The minimum Gasteiger partial charge on any atom is -0.468 e. The highest BCUT2D eigenvalue weighted by Gasteiger charge is 2.23. The second-order valence-corrected chi connectivity index (χ2v) is 5.61. The molecule has 1 fully saturated rings. The van der Waals surface area contributed by atoms with Crippen molar-refractivity contribution in [1.29, 1.82) is 0 Å². The number of hydrogen-bond donors (Lipinski definition) is 1. The molecule has 1 N–H and O–H groups in total. The molecule has 2 unspecified atom stereocenters. The van der Waals surface area contributed by atoms with Gasteiger partial charge in [0, 0.05) is 24.7 Å². The van der Waals surface area contributed by atoms with Crippen LogP contribution < -0.4 is 5.32 Å². The Morgan fingerprint density at radius 2 is 2.22 bits per heavy atom. The summed E-state index contributed by atoms with van der Waals surface area (Å²) in [6, 6.07) is 2.82. The number of furan rings is 1. The van der Waals surface area contributed by atoms with Crippen molar-refractivity contribution in [2.75, 3.05) is 13.1 Å². The number of nitrogens with one attached hydrogen (secondary N) is 1. The highest BCUT2D eigenvalue weighted by molar-refractivity contribution is 5.17. The smallest absolute Gasteiger partial charge is 0.122 e. The molecule has 2 rings (SSSR count). The third kappa shape index (κ3) is 3.36. The van der Waals surface area contributed by atoms with Crippen LogP contribution in [0.25, 0.3) is 0 Å². The van der Waals surface area contributed by atoms with Gasteiger partial charge in [-0.1, -0.05) is 13.8 Å². The fourth-order valence-corrected chi connectivity index (χ4v) is 2.72. The summed E-state index contributed by atoms with van der Waals surface area (Å²) in [6.07, 6.45) is 4.51. The van der Waals surface area contributed by atoms with Crippen molar-refractivity contribution in [3.05, 3.63) is 23.7 Å². The molecule has 18 heavy (non-hydrogen) atoms. The van der Waals surface area contributed by atoms with Crippen molar-refractivity contribution in [2.45, 2.75) is 52.7 Å². The molecule has 1 aromatic rings. The molecule has 3 heteroatoms. The minimum absolute atomic E-state index is 0.697. The SMILES string of the molecule is CCNCc1occc1CN1CC(C)CCC1C. The maximum absolute atomic E-state index is 5.58. The molecule has 1 aliphatic rings. The zero-order valence-electron chi connectivity index (χ0n) is 11.9. The lowest BCUT2D eigenvalue weighted by Gasteiger charge is -2.36. The monoisotopic (exact) mass is 250 g/mol. The van der Waals surface area contributed by atoms with E-state index in [2.05, 4.69) is 37.1 Å². The first-order valence-electron chi connectivity index (χ1n) is 7.20. The average Bonchev–Trinajstić information content (AvgIpc) is 2.79. The van der Waals surface area contributed by atoms with Crippen molar-refractivity contribution >= 4 is 0 Å². The van der Waals surface area contributed by atoms with Crippen LogP contribution in [0.3, 0.4) is 0 Å². The molecule has 3 nitrogen and oxygen atoms in total. The molecule has 0 aromatic carbocycles. The Bertz CT molecular complexity index is 361. The third-order valence-electron chi connectivity index (χ3n) is 3.99. The Morgan fingerprint density at radius 1 is 1.39 bits per heavy atom. The van der Waals surface area contributed by atoms with Crippen molar-refractivity contribution < 1.29 is 4.42 Å². The highest BCUT2D eigenvalue weighted by Crippen LogP contribution is 2.24. The number of rotatable bonds is 5. The van der Waals surface area contributed by atoms with E-state index in [1.165, 1.54) is 24.9 Å². The van der Waals surface area contributed by atoms with Gasteiger partial charge in [0.25, 0.3) is 0 Å². The van der Waals surface area contributed by atoms with E-state index in [0.717, 1.165) is 31.3 Å². The maximum Gasteiger partial charge on any atom is 0.122 e. The topological polar surface area (TPSA) is 28.4 Å². The molecule has 0 radical (unpaired) electrons. The minimum atomic E-state index is 0.697. The van der Waals surface area contributed by atoms with Crippen LogP contribution in [-0.2, 0) is 13.1 Å². The normalized spacial score (nSPS) is 25.5. The molecule has 1 aromatic heterocycles. The summed E-state index contributed by atoms with van der Waals surface area (Å²) >= 11 is 0. The summed E-state index contributed by atoms with van der Waals surface area (Å²) in [4.78, 5) is 2.59. The number of nitrogens with zero attached hydrogens (tertiary/aromatic N) is 1. The summed E-state index contributed by atoms with van der Waals surface area (Å²) in [7, 11) is 0. The molecule has 1 aliphatic heterocycles. The van der Waals surface area contributed by atoms with Gasteiger partial charge < -0.3 is 9.73 Å². The molecule has 0 spiro atoms. The van der Waals surface area contributed by atoms with E-state index in [9.17, 15) is 0 Å². The van der Waals surface area contributed by atoms with Gasteiger partial charge in [0.15, 0.2) is 0 Å². The van der Waals surface area contributed by atoms with Crippen LogP contribution in [0.1, 0.15) is 44.9 Å². The standard InChI is InChI=1S/C15H26N2O/c1-4-16-9-15-14(7-8-18-15)11-17-10-12(2)5-6-13(17)3/h7-8,12-13,16H,4-6,9-11H2,1-3H3. The predicted octanol–water partition coefficient (Wildman–Crippen LogP) is 3.01. The number of likely N-dealkylation sites (tertiary alicyclic amines) is 1. The van der Waals surface area contributed by atoms with E-state index in [0.29, 0.717) is 6.04 Å². The summed E-state index contributed by atoms with van der Waals surface area (Å²) < 4.78 is 5.58. The van der Waals surface area contributed by atoms with Gasteiger partial charge in [-0.25, -0.2) is 0 Å². The summed E-state index contributed by atoms with van der Waals surface area (Å²) in [6.45, 7) is 10.9. The van der Waals surface area contributed by atoms with Crippen LogP contribution in [0.15, 0.2) is 16.7 Å². The van der Waals surface area contributed by atoms with Crippen LogP contribution >= 0.6 is 0 Å². The van der Waals surface area contributed by atoms with E-state index < -0.39 is 0 Å². The lowest BCUT2D eigenvalue weighted by molar-refractivity contribution is 0.116. The highest BCUT2D eigenvalue weighted by atomic mass is 16.3. The van der Waals surface area contributed by atoms with Crippen LogP contribution in [-0.4, -0.2) is 24.0 Å². The zero-order chi connectivity index (χ0) is 13.0. The van der Waals surface area contributed by atoms with Gasteiger partial charge in [-0.3, -0.25) is 4.90 Å². The Balaban J connectivity index is 1.97. The largest absolute Gasteiger partial charge is 0.468 e. The van der Waals surface area contributed by atoms with Gasteiger partial charge in [-0.05, 0) is 38.3 Å². The van der Waals surface area contributed by atoms with Crippen molar-refractivity contribution in [2.24, 2.45) is 5.92 Å². The van der Waals surface area contributed by atoms with Crippen LogP contribution in [0, 0.1) is 5.92 Å². The van der Waals surface area contributed by atoms with Crippen LogP contribution in [0.5, 0.6) is 0 Å². The summed E-state index contributed by atoms with van der Waals surface area (Å²) in [5.41, 5.74) is 1.34. The van der Waals surface area contributed by atoms with Crippen molar-refractivity contribution in [3.63, 3.8) is 0 Å². The van der Waals surface area contributed by atoms with Crippen molar-refractivity contribution in [1.82, 2.24) is 10.2 Å². The van der Waals surface area contributed by atoms with E-state index in [-0.39, 0.29) is 0 Å². The van der Waals surface area contributed by atoms with E-state index in [4.69, 9.17) is 4.42 Å². The van der Waals surface area contributed by atoms with E-state index in [1.807, 2.05) is 6.26 Å². The van der Waals surface area contributed by atoms with Gasteiger partial charge in [0.05, 0.1) is 12.8 Å². The second-order valence-electron chi connectivity index (χ2n) is 5.61. The number of hydrogen-bond acceptors (Lipinski definition) is 3. The Kier molecular flexibility index (Phi) is 4.84. The quantitative estimate of drug-likeness (QED) is 0.871. The van der Waals surface area contributed by atoms with Crippen LogP contribution in [0.2, 0.25) is 0 Å². The fraction of sp³-hybridized carbons (Fsp3) is 0.733. The molecule has 0 amide bonds. The van der Waals surface area contributed by atoms with Crippen LogP contribution in [0.4, 0.5) is 0 Å². The van der Waals surface area contributed by atoms with Gasteiger partial charge in [0.2, 0.25) is 0 Å². The lowest BCUT2D eigenvalue weighted by Crippen LogP contribution is -2.40. The van der Waals surface area contributed by atoms with Gasteiger partial charge in [0.1, 0.15) is 5.76 Å². The average molecular weight is 250 g/mol. The molecular weight excluding hydrogens is 224 g/mol. The van der Waals surface area contributed by atoms with E-state index >= 15 is 0 Å². The molecule has 0 aliphatic carbocycles. The number of piperidine rings is 1. The lowest BCUT2D eigenvalue weighted by atomic mass is 9.94. The fourth-order valence-electron chi connectivity index (χ4n) is 2.72. The van der Waals surface area contributed by atoms with E-state index in [1.54, 1.807) is 0 Å². The van der Waals surface area contributed by atoms with Gasteiger partial charge in [-0.2, -0.15) is 0 Å². The zero-order valence-corrected chi connectivity index (χ0v) is 11.9. The maximum atomic E-state index is 5.58. The Labute approximate surface area is 111 Å². The first kappa shape index (κ1) is 13.6. The van der Waals surface area contributed by atoms with Crippen molar-refractivity contribution in [3.8, 4) is 0 Å². The Morgan fingerprint density at radius 3 is 3.00 bits per heavy atom. The first-order chi connectivity index (χ1) is 8.70.